The number of allylic oxidation sites excluding steroid dienone is 2. The van der Waals surface area contributed by atoms with Gasteiger partial charge in [0.1, 0.15) is 5.58 Å². The van der Waals surface area contributed by atoms with Crippen LogP contribution >= 0.6 is 0 Å². The van der Waals surface area contributed by atoms with Crippen molar-refractivity contribution in [1.82, 2.24) is 4.40 Å². The Bertz CT molecular complexity index is 3170. The Morgan fingerprint density at radius 2 is 1.38 bits per heavy atom. The Morgan fingerprint density at radius 3 is 2.30 bits per heavy atom. The summed E-state index contributed by atoms with van der Waals surface area (Å²) in [5.74, 6) is 0.845. The van der Waals surface area contributed by atoms with Gasteiger partial charge in [-0.25, -0.2) is 4.99 Å². The van der Waals surface area contributed by atoms with Crippen LogP contribution in [0.1, 0.15) is 47.4 Å². The van der Waals surface area contributed by atoms with Gasteiger partial charge >= 0.3 is 0 Å². The van der Waals surface area contributed by atoms with Crippen LogP contribution in [0.3, 0.4) is 0 Å². The monoisotopic (exact) mass is 678 g/mol. The number of fused-ring (bicyclic) bond motifs is 15. The minimum atomic E-state index is 0.124. The molecule has 3 heteroatoms. The van der Waals surface area contributed by atoms with Gasteiger partial charge in [-0.05, 0) is 94.1 Å². The SMILES string of the molecule is C1=C(/C2CCc3ccccc3-c3cc4c5c6ccccc6ccc5n5c6ccccc6c(c32)c45)c2c(oc3ccccc23)/N=C(/c2ccccc2)CC/1. The minimum Gasteiger partial charge on any atom is -0.438 e. The maximum Gasteiger partial charge on any atom is 0.227 e. The summed E-state index contributed by atoms with van der Waals surface area (Å²) in [6.07, 6.45) is 6.27. The van der Waals surface area contributed by atoms with Crippen molar-refractivity contribution in [2.45, 2.75) is 31.6 Å². The number of rotatable bonds is 2. The molecule has 0 fully saturated rings. The number of hydrogen-bond donors (Lipinski definition) is 0. The molecule has 3 aromatic heterocycles. The molecule has 4 heterocycles. The topological polar surface area (TPSA) is 29.9 Å². The van der Waals surface area contributed by atoms with Crippen LogP contribution < -0.4 is 0 Å². The highest BCUT2D eigenvalue weighted by molar-refractivity contribution is 6.30. The highest BCUT2D eigenvalue weighted by atomic mass is 16.3. The molecule has 0 amide bonds. The van der Waals surface area contributed by atoms with Crippen molar-refractivity contribution in [3.8, 4) is 11.1 Å². The van der Waals surface area contributed by atoms with Crippen LogP contribution in [-0.2, 0) is 6.42 Å². The molecule has 2 aliphatic rings. The van der Waals surface area contributed by atoms with Gasteiger partial charge in [0.05, 0.1) is 27.8 Å². The highest BCUT2D eigenvalue weighted by Crippen LogP contribution is 2.55. The molecule has 0 spiro atoms. The third-order valence-electron chi connectivity index (χ3n) is 12.1. The zero-order chi connectivity index (χ0) is 34.6. The van der Waals surface area contributed by atoms with Gasteiger partial charge in [-0.2, -0.15) is 0 Å². The second kappa shape index (κ2) is 11.0. The predicted octanol–water partition coefficient (Wildman–Crippen LogP) is 13.4. The smallest absolute Gasteiger partial charge is 0.227 e. The molecule has 1 aliphatic carbocycles. The van der Waals surface area contributed by atoms with Gasteiger partial charge in [-0.15, -0.1) is 0 Å². The largest absolute Gasteiger partial charge is 0.438 e. The van der Waals surface area contributed by atoms with Crippen LogP contribution in [0.15, 0.2) is 161 Å². The summed E-state index contributed by atoms with van der Waals surface area (Å²) in [6.45, 7) is 0. The first-order chi connectivity index (χ1) is 26.3. The van der Waals surface area contributed by atoms with Crippen LogP contribution in [-0.4, -0.2) is 10.1 Å². The van der Waals surface area contributed by atoms with Crippen molar-refractivity contribution < 1.29 is 4.42 Å². The lowest BCUT2D eigenvalue weighted by molar-refractivity contribution is 0.623. The number of aromatic nitrogens is 1. The first-order valence-corrected chi connectivity index (χ1v) is 18.9. The van der Waals surface area contributed by atoms with Gasteiger partial charge in [0.15, 0.2) is 0 Å². The second-order valence-electron chi connectivity index (χ2n) is 14.8. The summed E-state index contributed by atoms with van der Waals surface area (Å²) in [7, 11) is 0. The van der Waals surface area contributed by atoms with Gasteiger partial charge in [-0.1, -0.05) is 127 Å². The molecule has 53 heavy (non-hydrogen) atoms. The number of hydrogen-bond acceptors (Lipinski definition) is 2. The van der Waals surface area contributed by atoms with Crippen LogP contribution in [0.4, 0.5) is 5.88 Å². The Hall–Kier alpha value is -6.45. The molecule has 1 atom stereocenters. The number of aryl methyl sites for hydroxylation is 1. The fourth-order valence-electron chi connectivity index (χ4n) is 9.90. The van der Waals surface area contributed by atoms with Crippen molar-refractivity contribution in [2.24, 2.45) is 4.99 Å². The van der Waals surface area contributed by atoms with E-state index in [2.05, 4.69) is 156 Å². The van der Waals surface area contributed by atoms with Crippen LogP contribution in [0, 0.1) is 0 Å². The number of furan rings is 1. The number of para-hydroxylation sites is 2. The van der Waals surface area contributed by atoms with Gasteiger partial charge in [-0.3, -0.25) is 0 Å². The van der Waals surface area contributed by atoms with Crippen molar-refractivity contribution in [3.63, 3.8) is 0 Å². The second-order valence-corrected chi connectivity index (χ2v) is 14.8. The zero-order valence-electron chi connectivity index (χ0n) is 29.1. The van der Waals surface area contributed by atoms with E-state index in [0.29, 0.717) is 0 Å². The summed E-state index contributed by atoms with van der Waals surface area (Å²) in [5.41, 5.74) is 15.0. The van der Waals surface area contributed by atoms with E-state index in [1.165, 1.54) is 76.7 Å². The standard InChI is InChI=1S/C50H34N2O/c1-2-15-32(16-3-1)41-22-12-21-35(47-38-20-9-11-24-44(38)53-50(47)51-41)36-27-25-30-13-4-6-17-33(30)39-29-40-45-34-18-7-5-14-31(34)26-28-43(45)52-42-23-10-8-19-37(42)48(46(36)39)49(40)52/h1-11,13-21,23-24,26,28-29,36H,12,22,25,27H2/b35-21-,51-41+. The Balaban J connectivity index is 1.22. The summed E-state index contributed by atoms with van der Waals surface area (Å²) < 4.78 is 9.27. The Kier molecular flexibility index (Phi) is 6.07. The van der Waals surface area contributed by atoms with Crippen LogP contribution in [0.25, 0.3) is 76.5 Å². The number of benzene rings is 7. The number of nitrogens with zero attached hydrogens (tertiary/aromatic N) is 2. The Morgan fingerprint density at radius 1 is 0.604 bits per heavy atom. The summed E-state index contributed by atoms with van der Waals surface area (Å²) in [6, 6.07) is 53.4. The van der Waals surface area contributed by atoms with Crippen molar-refractivity contribution in [3.05, 3.63) is 174 Å². The zero-order valence-corrected chi connectivity index (χ0v) is 29.1. The van der Waals surface area contributed by atoms with Gasteiger partial charge in [0.2, 0.25) is 5.88 Å². The summed E-state index contributed by atoms with van der Waals surface area (Å²) in [5, 5.41) is 9.08. The molecule has 0 bridgehead atoms. The van der Waals surface area contributed by atoms with Gasteiger partial charge in [0.25, 0.3) is 0 Å². The molecule has 0 radical (unpaired) electrons. The first kappa shape index (κ1) is 29.2. The molecule has 1 aliphatic heterocycles. The summed E-state index contributed by atoms with van der Waals surface area (Å²) >= 11 is 0. The molecule has 0 N–H and O–H groups in total. The van der Waals surface area contributed by atoms with Gasteiger partial charge < -0.3 is 8.82 Å². The molecule has 12 rings (SSSR count). The van der Waals surface area contributed by atoms with Crippen LogP contribution in [0.2, 0.25) is 0 Å². The molecule has 0 saturated carbocycles. The quantitative estimate of drug-likeness (QED) is 0.179. The van der Waals surface area contributed by atoms with E-state index in [9.17, 15) is 0 Å². The lowest BCUT2D eigenvalue weighted by Gasteiger charge is -2.24. The molecule has 250 valence electrons. The fourth-order valence-corrected chi connectivity index (χ4v) is 9.90. The lowest BCUT2D eigenvalue weighted by atomic mass is 9.78. The van der Waals surface area contributed by atoms with Crippen LogP contribution in [0.5, 0.6) is 0 Å². The minimum absolute atomic E-state index is 0.124. The van der Waals surface area contributed by atoms with E-state index in [1.807, 2.05) is 0 Å². The maximum atomic E-state index is 6.72. The van der Waals surface area contributed by atoms with E-state index >= 15 is 0 Å². The van der Waals surface area contributed by atoms with E-state index in [-0.39, 0.29) is 5.92 Å². The van der Waals surface area contributed by atoms with Gasteiger partial charge in [0, 0.05) is 32.8 Å². The molecule has 0 saturated heterocycles. The molecule has 10 aromatic rings. The Labute approximate surface area is 306 Å². The van der Waals surface area contributed by atoms with E-state index in [1.54, 1.807) is 0 Å². The maximum absolute atomic E-state index is 6.72. The average molecular weight is 679 g/mol. The predicted molar refractivity (Wildman–Crippen MR) is 221 cm³/mol. The summed E-state index contributed by atoms with van der Waals surface area (Å²) in [4.78, 5) is 5.37. The average Bonchev–Trinajstić information content (AvgIpc) is 3.81. The molecule has 1 unspecified atom stereocenters. The molecule has 3 nitrogen and oxygen atoms in total. The number of aliphatic imine (C=N–C) groups is 1. The highest BCUT2D eigenvalue weighted by Gasteiger charge is 2.34. The van der Waals surface area contributed by atoms with E-state index in [0.717, 1.165) is 59.4 Å². The van der Waals surface area contributed by atoms with Crippen molar-refractivity contribution in [1.29, 1.82) is 0 Å². The normalized spacial score (nSPS) is 18.0. The molecular weight excluding hydrogens is 645 g/mol. The van der Waals surface area contributed by atoms with Crippen molar-refractivity contribution in [2.75, 3.05) is 0 Å². The molecular formula is C50H34N2O. The lowest BCUT2D eigenvalue weighted by Crippen LogP contribution is -2.08. The van der Waals surface area contributed by atoms with E-state index < -0.39 is 0 Å². The van der Waals surface area contributed by atoms with E-state index in [4.69, 9.17) is 9.41 Å². The van der Waals surface area contributed by atoms with Crippen molar-refractivity contribution >= 4 is 77.0 Å². The third kappa shape index (κ3) is 4.08. The third-order valence-corrected chi connectivity index (χ3v) is 12.1. The molecule has 7 aromatic carbocycles. The fraction of sp³-hybridized carbons (Fsp3) is 0.100. The first-order valence-electron chi connectivity index (χ1n) is 18.9.